The van der Waals surface area contributed by atoms with Crippen molar-refractivity contribution in [2.75, 3.05) is 27.4 Å². The quantitative estimate of drug-likeness (QED) is 0.462. The lowest BCUT2D eigenvalue weighted by atomic mass is 9.75. The first-order valence-electron chi connectivity index (χ1n) is 11.3. The largest absolute Gasteiger partial charge is 0.493 e. The van der Waals surface area contributed by atoms with Gasteiger partial charge in [0.15, 0.2) is 17.3 Å². The summed E-state index contributed by atoms with van der Waals surface area (Å²) in [5.74, 6) is 0.639. The summed E-state index contributed by atoms with van der Waals surface area (Å²) in [6, 6.07) is 14.8. The molecule has 34 heavy (non-hydrogen) atoms. The third-order valence-corrected chi connectivity index (χ3v) is 6.07. The number of hydrogen-bond acceptors (Lipinski definition) is 7. The van der Waals surface area contributed by atoms with Crippen LogP contribution in [0.15, 0.2) is 71.1 Å². The minimum absolute atomic E-state index is 0.0221. The molecule has 1 atom stereocenters. The number of carbonyl (C=O) groups excluding carboxylic acids is 2. The fraction of sp³-hybridized carbons (Fsp3) is 0.333. The van der Waals surface area contributed by atoms with E-state index in [1.54, 1.807) is 20.3 Å². The number of dihydropyridines is 1. The molecule has 0 bridgehead atoms. The van der Waals surface area contributed by atoms with Crippen LogP contribution in [0.1, 0.15) is 37.7 Å². The molecule has 0 spiro atoms. The Morgan fingerprint density at radius 2 is 1.79 bits per heavy atom. The number of hydrogen-bond donors (Lipinski definition) is 1. The first-order chi connectivity index (χ1) is 16.5. The average molecular weight is 464 g/mol. The Balaban J connectivity index is 1.65. The SMILES string of the molecule is COc1cccc(C2C(C(=O)OCCOc3ccccc3)=C(C)NC3=C2C(=O)CCC3)c1OC. The van der Waals surface area contributed by atoms with Crippen LogP contribution in [0.5, 0.6) is 17.2 Å². The number of benzene rings is 2. The normalized spacial score (nSPS) is 17.6. The van der Waals surface area contributed by atoms with E-state index in [1.807, 2.05) is 49.4 Å². The molecule has 7 heteroatoms. The molecular formula is C27H29NO6. The minimum atomic E-state index is -0.614. The Bertz CT molecular complexity index is 1140. The number of esters is 1. The van der Waals surface area contributed by atoms with Gasteiger partial charge in [-0.3, -0.25) is 4.79 Å². The molecule has 1 aliphatic carbocycles. The Labute approximate surface area is 199 Å². The zero-order valence-corrected chi connectivity index (χ0v) is 19.7. The van der Waals surface area contributed by atoms with Gasteiger partial charge in [-0.15, -0.1) is 0 Å². The van der Waals surface area contributed by atoms with Gasteiger partial charge in [-0.2, -0.15) is 0 Å². The van der Waals surface area contributed by atoms with Crippen LogP contribution in [0.4, 0.5) is 0 Å². The van der Waals surface area contributed by atoms with Crippen molar-refractivity contribution in [1.29, 1.82) is 0 Å². The number of allylic oxidation sites excluding steroid dienone is 3. The Morgan fingerprint density at radius 3 is 2.53 bits per heavy atom. The number of ketones is 1. The van der Waals surface area contributed by atoms with Crippen molar-refractivity contribution in [3.8, 4) is 17.2 Å². The van der Waals surface area contributed by atoms with Crippen LogP contribution in [0.25, 0.3) is 0 Å². The number of methoxy groups -OCH3 is 2. The zero-order chi connectivity index (χ0) is 24.1. The number of Topliss-reactive ketones (excluding diaryl/α,β-unsaturated/α-hetero) is 1. The summed E-state index contributed by atoms with van der Waals surface area (Å²) in [5.41, 5.74) is 3.19. The summed E-state index contributed by atoms with van der Waals surface area (Å²) < 4.78 is 22.4. The maximum atomic E-state index is 13.4. The highest BCUT2D eigenvalue weighted by atomic mass is 16.6. The van der Waals surface area contributed by atoms with Gasteiger partial charge in [0.1, 0.15) is 19.0 Å². The van der Waals surface area contributed by atoms with Crippen LogP contribution in [-0.4, -0.2) is 39.2 Å². The summed E-state index contributed by atoms with van der Waals surface area (Å²) in [6.07, 6.45) is 1.96. The topological polar surface area (TPSA) is 83.1 Å². The van der Waals surface area contributed by atoms with E-state index in [1.165, 1.54) is 0 Å². The van der Waals surface area contributed by atoms with E-state index in [9.17, 15) is 9.59 Å². The second-order valence-electron chi connectivity index (χ2n) is 8.15. The Kier molecular flexibility index (Phi) is 7.21. The molecule has 0 amide bonds. The zero-order valence-electron chi connectivity index (χ0n) is 19.7. The van der Waals surface area contributed by atoms with Gasteiger partial charge in [-0.05, 0) is 38.0 Å². The van der Waals surface area contributed by atoms with Gasteiger partial charge in [0, 0.05) is 29.0 Å². The number of para-hydroxylation sites is 2. The molecule has 2 aliphatic rings. The summed E-state index contributed by atoms with van der Waals surface area (Å²) in [4.78, 5) is 26.5. The molecule has 0 saturated carbocycles. The van der Waals surface area contributed by atoms with Gasteiger partial charge in [0.2, 0.25) is 0 Å². The van der Waals surface area contributed by atoms with Crippen molar-refractivity contribution < 1.29 is 28.5 Å². The van der Waals surface area contributed by atoms with Gasteiger partial charge in [0.05, 0.1) is 25.7 Å². The van der Waals surface area contributed by atoms with Crippen molar-refractivity contribution in [2.45, 2.75) is 32.1 Å². The van der Waals surface area contributed by atoms with Gasteiger partial charge >= 0.3 is 5.97 Å². The number of rotatable bonds is 8. The van der Waals surface area contributed by atoms with Crippen LogP contribution in [0.3, 0.4) is 0 Å². The summed E-state index contributed by atoms with van der Waals surface area (Å²) in [5, 5.41) is 3.30. The smallest absolute Gasteiger partial charge is 0.336 e. The van der Waals surface area contributed by atoms with Crippen LogP contribution < -0.4 is 19.5 Å². The predicted octanol–water partition coefficient (Wildman–Crippen LogP) is 4.29. The Hall–Kier alpha value is -3.74. The fourth-order valence-corrected chi connectivity index (χ4v) is 4.59. The van der Waals surface area contributed by atoms with Gasteiger partial charge < -0.3 is 24.3 Å². The molecule has 7 nitrogen and oxygen atoms in total. The van der Waals surface area contributed by atoms with Crippen LogP contribution in [0.2, 0.25) is 0 Å². The molecule has 0 saturated heterocycles. The third kappa shape index (κ3) is 4.64. The second kappa shape index (κ2) is 10.5. The van der Waals surface area contributed by atoms with E-state index in [4.69, 9.17) is 18.9 Å². The second-order valence-corrected chi connectivity index (χ2v) is 8.15. The molecular weight excluding hydrogens is 434 g/mol. The summed E-state index contributed by atoms with van der Waals surface area (Å²) in [6.45, 7) is 2.13. The third-order valence-electron chi connectivity index (χ3n) is 6.07. The van der Waals surface area contributed by atoms with Gasteiger partial charge in [-0.1, -0.05) is 30.3 Å². The lowest BCUT2D eigenvalue weighted by Gasteiger charge is -2.34. The average Bonchev–Trinajstić information content (AvgIpc) is 2.85. The van der Waals surface area contributed by atoms with E-state index < -0.39 is 11.9 Å². The van der Waals surface area contributed by atoms with Crippen LogP contribution in [-0.2, 0) is 14.3 Å². The van der Waals surface area contributed by atoms with Crippen molar-refractivity contribution in [1.82, 2.24) is 5.32 Å². The van der Waals surface area contributed by atoms with E-state index in [2.05, 4.69) is 5.32 Å². The standard InChI is InChI=1S/C27H29NO6/c1-17-23(27(30)34-16-15-33-18-9-5-4-6-10-18)24(25-20(28-17)12-8-13-21(25)29)19-11-7-14-22(31-2)26(19)32-3/h4-7,9-11,14,24,28H,8,12-13,15-16H2,1-3H3. The first-order valence-corrected chi connectivity index (χ1v) is 11.3. The van der Waals surface area contributed by atoms with Crippen molar-refractivity contribution >= 4 is 11.8 Å². The lowest BCUT2D eigenvalue weighted by molar-refractivity contribution is -0.140. The number of nitrogens with one attached hydrogen (secondary N) is 1. The molecule has 2 aromatic rings. The minimum Gasteiger partial charge on any atom is -0.493 e. The molecule has 178 valence electrons. The molecule has 0 radical (unpaired) electrons. The summed E-state index contributed by atoms with van der Waals surface area (Å²) in [7, 11) is 3.11. The predicted molar refractivity (Wildman–Crippen MR) is 127 cm³/mol. The van der Waals surface area contributed by atoms with E-state index in [0.717, 1.165) is 18.5 Å². The summed E-state index contributed by atoms with van der Waals surface area (Å²) >= 11 is 0. The maximum Gasteiger partial charge on any atom is 0.336 e. The van der Waals surface area contributed by atoms with Crippen LogP contribution in [0, 0.1) is 0 Å². The fourth-order valence-electron chi connectivity index (χ4n) is 4.59. The van der Waals surface area contributed by atoms with E-state index >= 15 is 0 Å². The highest BCUT2D eigenvalue weighted by Gasteiger charge is 2.40. The number of ether oxygens (including phenoxy) is 4. The molecule has 4 rings (SSSR count). The highest BCUT2D eigenvalue weighted by Crippen LogP contribution is 2.47. The molecule has 0 fully saturated rings. The lowest BCUT2D eigenvalue weighted by Crippen LogP contribution is -2.34. The first kappa shape index (κ1) is 23.4. The molecule has 1 N–H and O–H groups in total. The molecule has 0 aromatic heterocycles. The van der Waals surface area contributed by atoms with Gasteiger partial charge in [-0.25, -0.2) is 4.79 Å². The van der Waals surface area contributed by atoms with E-state index in [0.29, 0.717) is 46.1 Å². The monoisotopic (exact) mass is 463 g/mol. The number of carbonyl (C=O) groups is 2. The maximum absolute atomic E-state index is 13.4. The van der Waals surface area contributed by atoms with Crippen LogP contribution >= 0.6 is 0 Å². The highest BCUT2D eigenvalue weighted by molar-refractivity contribution is 6.04. The van der Waals surface area contributed by atoms with Crippen molar-refractivity contribution in [2.24, 2.45) is 0 Å². The molecule has 1 unspecified atom stereocenters. The Morgan fingerprint density at radius 1 is 1.00 bits per heavy atom. The van der Waals surface area contributed by atoms with E-state index in [-0.39, 0.29) is 19.0 Å². The molecule has 2 aromatic carbocycles. The molecule has 1 aliphatic heterocycles. The van der Waals surface area contributed by atoms with Gasteiger partial charge in [0.25, 0.3) is 0 Å². The molecule has 1 heterocycles. The van der Waals surface area contributed by atoms with Crippen molar-refractivity contribution in [3.05, 3.63) is 76.6 Å². The van der Waals surface area contributed by atoms with Crippen molar-refractivity contribution in [3.63, 3.8) is 0 Å².